The lowest BCUT2D eigenvalue weighted by atomic mass is 10.0. The minimum atomic E-state index is -0.196. The summed E-state index contributed by atoms with van der Waals surface area (Å²) in [6.45, 7) is 2.62. The number of hydrogen-bond donors (Lipinski definition) is 1. The fraction of sp³-hybridized carbons (Fsp3) is 0.333. The van der Waals surface area contributed by atoms with Crippen LogP contribution in [0.2, 0.25) is 0 Å². The number of benzene rings is 1. The molecule has 0 radical (unpaired) electrons. The molecule has 1 aromatic rings. The Labute approximate surface area is 78.2 Å². The van der Waals surface area contributed by atoms with Gasteiger partial charge in [-0.25, -0.2) is 4.39 Å². The molecule has 0 saturated heterocycles. The second-order valence-corrected chi connectivity index (χ2v) is 2.69. The van der Waals surface area contributed by atoms with Crippen molar-refractivity contribution in [2.45, 2.75) is 12.8 Å². The second-order valence-electron chi connectivity index (χ2n) is 2.69. The van der Waals surface area contributed by atoms with Gasteiger partial charge in [0.05, 0.1) is 0 Å². The molecule has 1 nitrogen and oxygen atoms in total. The normalized spacial score (nSPS) is 11.9. The molecule has 2 N–H and O–H groups in total. The molecule has 12 heavy (non-hydrogen) atoms. The monoisotopic (exact) mass is 189 g/mol. The Morgan fingerprint density at radius 1 is 1.33 bits per heavy atom. The molecule has 0 bridgehead atoms. The van der Waals surface area contributed by atoms with Crippen molar-refractivity contribution in [3.63, 3.8) is 0 Å². The lowest BCUT2D eigenvalue weighted by Gasteiger charge is -2.07. The van der Waals surface area contributed by atoms with Crippen molar-refractivity contribution in [3.05, 3.63) is 35.6 Å². The number of rotatable bonds is 2. The average Bonchev–Trinajstić information content (AvgIpc) is 2.05. The summed E-state index contributed by atoms with van der Waals surface area (Å²) in [6.07, 6.45) is 0. The van der Waals surface area contributed by atoms with Crippen LogP contribution in [0.1, 0.15) is 18.4 Å². The van der Waals surface area contributed by atoms with Crippen molar-refractivity contribution in [2.75, 3.05) is 6.54 Å². The molecule has 0 unspecified atom stereocenters. The molecule has 1 aromatic carbocycles. The number of nitrogens with two attached hydrogens (primary N) is 1. The van der Waals surface area contributed by atoms with Crippen molar-refractivity contribution in [2.24, 2.45) is 5.73 Å². The van der Waals surface area contributed by atoms with Gasteiger partial charge in [0.15, 0.2) is 0 Å². The van der Waals surface area contributed by atoms with Gasteiger partial charge in [0.1, 0.15) is 5.82 Å². The molecule has 0 fully saturated rings. The fourth-order valence-corrected chi connectivity index (χ4v) is 0.927. The van der Waals surface area contributed by atoms with Crippen molar-refractivity contribution < 1.29 is 4.39 Å². The van der Waals surface area contributed by atoms with E-state index < -0.39 is 0 Å². The first-order chi connectivity index (χ1) is 5.24. The summed E-state index contributed by atoms with van der Waals surface area (Å²) in [7, 11) is 0. The van der Waals surface area contributed by atoms with Crippen LogP contribution >= 0.6 is 12.4 Å². The molecular formula is C9H13ClFN. The third-order valence-corrected chi connectivity index (χ3v) is 1.79. The maximum atomic E-state index is 12.4. The Balaban J connectivity index is 0.00000121. The molecule has 0 saturated carbocycles. The second kappa shape index (κ2) is 5.12. The molecule has 0 amide bonds. The highest BCUT2D eigenvalue weighted by Gasteiger charge is 2.01. The van der Waals surface area contributed by atoms with Crippen LogP contribution in [0.3, 0.4) is 0 Å². The molecule has 68 valence electrons. The first kappa shape index (κ1) is 11.4. The molecule has 0 aliphatic carbocycles. The summed E-state index contributed by atoms with van der Waals surface area (Å²) in [5, 5.41) is 0. The van der Waals surface area contributed by atoms with Crippen LogP contribution < -0.4 is 5.73 Å². The highest BCUT2D eigenvalue weighted by atomic mass is 35.5. The summed E-state index contributed by atoms with van der Waals surface area (Å²) in [4.78, 5) is 0. The van der Waals surface area contributed by atoms with E-state index in [1.807, 2.05) is 6.92 Å². The van der Waals surface area contributed by atoms with E-state index in [1.165, 1.54) is 12.1 Å². The van der Waals surface area contributed by atoms with Gasteiger partial charge in [-0.3, -0.25) is 0 Å². The Bertz CT molecular complexity index is 222. The summed E-state index contributed by atoms with van der Waals surface area (Å²) < 4.78 is 12.4. The van der Waals surface area contributed by atoms with Crippen molar-refractivity contribution in [1.29, 1.82) is 0 Å². The smallest absolute Gasteiger partial charge is 0.123 e. The highest BCUT2D eigenvalue weighted by molar-refractivity contribution is 5.85. The summed E-state index contributed by atoms with van der Waals surface area (Å²) in [5.41, 5.74) is 6.54. The number of hydrogen-bond acceptors (Lipinski definition) is 1. The van der Waals surface area contributed by atoms with Gasteiger partial charge in [-0.2, -0.15) is 0 Å². The summed E-state index contributed by atoms with van der Waals surface area (Å²) in [5.74, 6) is 0.119. The molecule has 0 spiro atoms. The van der Waals surface area contributed by atoms with E-state index in [1.54, 1.807) is 12.1 Å². The molecule has 1 atom stereocenters. The molecular weight excluding hydrogens is 177 g/mol. The Morgan fingerprint density at radius 3 is 2.25 bits per heavy atom. The maximum absolute atomic E-state index is 12.4. The third-order valence-electron chi connectivity index (χ3n) is 1.79. The van der Waals surface area contributed by atoms with Gasteiger partial charge >= 0.3 is 0 Å². The first-order valence-corrected chi connectivity index (χ1v) is 3.69. The molecule has 1 rings (SSSR count). The molecule has 3 heteroatoms. The van der Waals surface area contributed by atoms with Gasteiger partial charge in [-0.1, -0.05) is 19.1 Å². The largest absolute Gasteiger partial charge is 0.330 e. The highest BCUT2D eigenvalue weighted by Crippen LogP contribution is 2.13. The van der Waals surface area contributed by atoms with E-state index in [2.05, 4.69) is 0 Å². The van der Waals surface area contributed by atoms with Gasteiger partial charge in [0.25, 0.3) is 0 Å². The lowest BCUT2D eigenvalue weighted by Crippen LogP contribution is -2.08. The average molecular weight is 190 g/mol. The predicted octanol–water partition coefficient (Wildman–Crippen LogP) is 2.31. The standard InChI is InChI=1S/C9H12FN.ClH/c1-7(6-11)8-2-4-9(10)5-3-8;/h2-5,7H,6,11H2,1H3;1H/t7-;/m0./s1. The molecule has 0 aliphatic heterocycles. The van der Waals surface area contributed by atoms with Crippen LogP contribution in [0, 0.1) is 5.82 Å². The van der Waals surface area contributed by atoms with Crippen LogP contribution in [0.4, 0.5) is 4.39 Å². The van der Waals surface area contributed by atoms with E-state index in [4.69, 9.17) is 5.73 Å². The first-order valence-electron chi connectivity index (χ1n) is 3.69. The van der Waals surface area contributed by atoms with Gasteiger partial charge in [-0.15, -0.1) is 12.4 Å². The van der Waals surface area contributed by atoms with Crippen LogP contribution in [0.25, 0.3) is 0 Å². The van der Waals surface area contributed by atoms with Crippen LogP contribution in [-0.4, -0.2) is 6.54 Å². The van der Waals surface area contributed by atoms with E-state index in [9.17, 15) is 4.39 Å². The maximum Gasteiger partial charge on any atom is 0.123 e. The van der Waals surface area contributed by atoms with E-state index in [0.717, 1.165) is 5.56 Å². The Morgan fingerprint density at radius 2 is 1.83 bits per heavy atom. The zero-order valence-electron chi connectivity index (χ0n) is 6.96. The molecule has 0 aliphatic rings. The zero-order chi connectivity index (χ0) is 8.27. The van der Waals surface area contributed by atoms with Crippen molar-refractivity contribution >= 4 is 12.4 Å². The minimum absolute atomic E-state index is 0. The summed E-state index contributed by atoms with van der Waals surface area (Å²) >= 11 is 0. The Hall–Kier alpha value is -0.600. The van der Waals surface area contributed by atoms with Crippen LogP contribution in [0.15, 0.2) is 24.3 Å². The summed E-state index contributed by atoms with van der Waals surface area (Å²) in [6, 6.07) is 6.46. The predicted molar refractivity (Wildman–Crippen MR) is 51.1 cm³/mol. The van der Waals surface area contributed by atoms with Gasteiger partial charge < -0.3 is 5.73 Å². The topological polar surface area (TPSA) is 26.0 Å². The van der Waals surface area contributed by atoms with Crippen LogP contribution in [0.5, 0.6) is 0 Å². The SMILES string of the molecule is C[C@@H](CN)c1ccc(F)cc1.Cl. The van der Waals surface area contributed by atoms with Crippen LogP contribution in [-0.2, 0) is 0 Å². The van der Waals surface area contributed by atoms with Gasteiger partial charge in [0, 0.05) is 0 Å². The molecule has 0 heterocycles. The Kier molecular flexibility index (Phi) is 4.86. The third kappa shape index (κ3) is 2.80. The van der Waals surface area contributed by atoms with E-state index in [-0.39, 0.29) is 18.2 Å². The number of halogens is 2. The quantitative estimate of drug-likeness (QED) is 0.759. The van der Waals surface area contributed by atoms with Gasteiger partial charge in [0.2, 0.25) is 0 Å². The van der Waals surface area contributed by atoms with Crippen molar-refractivity contribution in [1.82, 2.24) is 0 Å². The lowest BCUT2D eigenvalue weighted by molar-refractivity contribution is 0.625. The minimum Gasteiger partial charge on any atom is -0.330 e. The van der Waals surface area contributed by atoms with E-state index in [0.29, 0.717) is 12.5 Å². The van der Waals surface area contributed by atoms with Gasteiger partial charge in [-0.05, 0) is 30.2 Å². The van der Waals surface area contributed by atoms with E-state index >= 15 is 0 Å². The fourth-order valence-electron chi connectivity index (χ4n) is 0.927. The van der Waals surface area contributed by atoms with Crippen molar-refractivity contribution in [3.8, 4) is 0 Å². The zero-order valence-corrected chi connectivity index (χ0v) is 7.77. The molecule has 0 aromatic heterocycles.